The molecule has 5 heteroatoms. The standard InChI is InChI=1S/C12H16N2O3/c1-8(7-9-3-2-6-17-9)13-10-4-5-11(15)14-12(10)16/h2-3,6,8,10,13H,4-5,7H2,1H3,(H,14,15,16). The zero-order valence-electron chi connectivity index (χ0n) is 9.73. The normalized spacial score (nSPS) is 22.3. The third-order valence-corrected chi connectivity index (χ3v) is 2.81. The lowest BCUT2D eigenvalue weighted by Crippen LogP contribution is -2.53. The summed E-state index contributed by atoms with van der Waals surface area (Å²) in [6.45, 7) is 1.99. The number of amides is 2. The molecule has 1 aliphatic rings. The van der Waals surface area contributed by atoms with Crippen LogP contribution in [0, 0.1) is 0 Å². The lowest BCUT2D eigenvalue weighted by atomic mass is 10.0. The molecule has 0 saturated carbocycles. The summed E-state index contributed by atoms with van der Waals surface area (Å²) < 4.78 is 5.24. The van der Waals surface area contributed by atoms with Gasteiger partial charge in [-0.3, -0.25) is 14.9 Å². The van der Waals surface area contributed by atoms with Gasteiger partial charge in [-0.2, -0.15) is 0 Å². The van der Waals surface area contributed by atoms with E-state index in [0.717, 1.165) is 12.2 Å². The predicted molar refractivity (Wildman–Crippen MR) is 61.2 cm³/mol. The highest BCUT2D eigenvalue weighted by atomic mass is 16.3. The first-order chi connectivity index (χ1) is 8.15. The lowest BCUT2D eigenvalue weighted by Gasteiger charge is -2.25. The second-order valence-electron chi connectivity index (χ2n) is 4.35. The maximum Gasteiger partial charge on any atom is 0.243 e. The lowest BCUT2D eigenvalue weighted by molar-refractivity contribution is -0.134. The van der Waals surface area contributed by atoms with Gasteiger partial charge in [-0.15, -0.1) is 0 Å². The fourth-order valence-corrected chi connectivity index (χ4v) is 1.99. The van der Waals surface area contributed by atoms with Gasteiger partial charge in [0, 0.05) is 18.9 Å². The molecule has 5 nitrogen and oxygen atoms in total. The second kappa shape index (κ2) is 5.14. The topological polar surface area (TPSA) is 71.3 Å². The molecule has 17 heavy (non-hydrogen) atoms. The number of carbonyl (C=O) groups excluding carboxylic acids is 2. The molecular formula is C12H16N2O3. The summed E-state index contributed by atoms with van der Waals surface area (Å²) >= 11 is 0. The van der Waals surface area contributed by atoms with Gasteiger partial charge in [0.05, 0.1) is 12.3 Å². The first-order valence-corrected chi connectivity index (χ1v) is 5.77. The SMILES string of the molecule is CC(Cc1ccco1)NC1CCC(=O)NC1=O. The molecule has 92 valence electrons. The quantitative estimate of drug-likeness (QED) is 0.751. The minimum absolute atomic E-state index is 0.130. The van der Waals surface area contributed by atoms with Crippen molar-refractivity contribution in [1.82, 2.24) is 10.6 Å². The fourth-order valence-electron chi connectivity index (χ4n) is 1.99. The average molecular weight is 236 g/mol. The Hall–Kier alpha value is -1.62. The van der Waals surface area contributed by atoms with Crippen molar-refractivity contribution in [3.8, 4) is 0 Å². The third-order valence-electron chi connectivity index (χ3n) is 2.81. The number of hydrogen-bond donors (Lipinski definition) is 2. The summed E-state index contributed by atoms with van der Waals surface area (Å²) in [5.41, 5.74) is 0. The maximum absolute atomic E-state index is 11.5. The maximum atomic E-state index is 11.5. The largest absolute Gasteiger partial charge is 0.469 e. The number of imide groups is 1. The molecule has 1 aromatic heterocycles. The van der Waals surface area contributed by atoms with Crippen LogP contribution in [0.3, 0.4) is 0 Å². The van der Waals surface area contributed by atoms with Crippen LogP contribution in [-0.2, 0) is 16.0 Å². The van der Waals surface area contributed by atoms with Crippen molar-refractivity contribution in [3.63, 3.8) is 0 Å². The molecule has 0 bridgehead atoms. The van der Waals surface area contributed by atoms with Gasteiger partial charge in [0.2, 0.25) is 11.8 Å². The Morgan fingerprint density at radius 1 is 1.59 bits per heavy atom. The molecule has 2 rings (SSSR count). The van der Waals surface area contributed by atoms with Crippen LogP contribution in [0.5, 0.6) is 0 Å². The van der Waals surface area contributed by atoms with Gasteiger partial charge in [-0.05, 0) is 25.5 Å². The number of rotatable bonds is 4. The van der Waals surface area contributed by atoms with E-state index in [1.54, 1.807) is 6.26 Å². The van der Waals surface area contributed by atoms with E-state index >= 15 is 0 Å². The summed E-state index contributed by atoms with van der Waals surface area (Å²) in [4.78, 5) is 22.5. The Morgan fingerprint density at radius 3 is 3.06 bits per heavy atom. The van der Waals surface area contributed by atoms with E-state index in [4.69, 9.17) is 4.42 Å². The Morgan fingerprint density at radius 2 is 2.41 bits per heavy atom. The molecule has 1 fully saturated rings. The van der Waals surface area contributed by atoms with Crippen LogP contribution in [0.15, 0.2) is 22.8 Å². The zero-order chi connectivity index (χ0) is 12.3. The van der Waals surface area contributed by atoms with Gasteiger partial charge >= 0.3 is 0 Å². The average Bonchev–Trinajstić information content (AvgIpc) is 2.75. The molecule has 2 unspecified atom stereocenters. The van der Waals surface area contributed by atoms with E-state index in [2.05, 4.69) is 10.6 Å². The zero-order valence-corrected chi connectivity index (χ0v) is 9.73. The number of hydrogen-bond acceptors (Lipinski definition) is 4. The Labute approximate surface area is 99.6 Å². The molecular weight excluding hydrogens is 220 g/mol. The number of furan rings is 1. The van der Waals surface area contributed by atoms with E-state index in [1.165, 1.54) is 0 Å². The van der Waals surface area contributed by atoms with Crippen molar-refractivity contribution in [2.45, 2.75) is 38.3 Å². The van der Waals surface area contributed by atoms with E-state index in [-0.39, 0.29) is 23.9 Å². The minimum atomic E-state index is -0.280. The summed E-state index contributed by atoms with van der Waals surface area (Å²) in [7, 11) is 0. The van der Waals surface area contributed by atoms with E-state index in [9.17, 15) is 9.59 Å². The first-order valence-electron chi connectivity index (χ1n) is 5.77. The number of nitrogens with one attached hydrogen (secondary N) is 2. The Kier molecular flexibility index (Phi) is 3.58. The fraction of sp³-hybridized carbons (Fsp3) is 0.500. The van der Waals surface area contributed by atoms with Crippen LogP contribution < -0.4 is 10.6 Å². The molecule has 1 saturated heterocycles. The van der Waals surface area contributed by atoms with Crippen LogP contribution in [0.25, 0.3) is 0 Å². The van der Waals surface area contributed by atoms with Crippen molar-refractivity contribution in [2.24, 2.45) is 0 Å². The Balaban J connectivity index is 1.84. The van der Waals surface area contributed by atoms with E-state index < -0.39 is 0 Å². The monoisotopic (exact) mass is 236 g/mol. The van der Waals surface area contributed by atoms with Crippen LogP contribution in [0.1, 0.15) is 25.5 Å². The highest BCUT2D eigenvalue weighted by Gasteiger charge is 2.27. The molecule has 0 radical (unpaired) electrons. The summed E-state index contributed by atoms with van der Waals surface area (Å²) in [6, 6.07) is 3.60. The van der Waals surface area contributed by atoms with Crippen LogP contribution in [-0.4, -0.2) is 23.9 Å². The van der Waals surface area contributed by atoms with Crippen LogP contribution >= 0.6 is 0 Å². The van der Waals surface area contributed by atoms with Gasteiger partial charge in [-0.1, -0.05) is 0 Å². The van der Waals surface area contributed by atoms with Gasteiger partial charge in [0.15, 0.2) is 0 Å². The van der Waals surface area contributed by atoms with E-state index in [1.807, 2.05) is 19.1 Å². The van der Waals surface area contributed by atoms with Crippen LogP contribution in [0.2, 0.25) is 0 Å². The number of carbonyl (C=O) groups is 2. The molecule has 2 amide bonds. The van der Waals surface area contributed by atoms with Crippen molar-refractivity contribution in [1.29, 1.82) is 0 Å². The highest BCUT2D eigenvalue weighted by Crippen LogP contribution is 2.08. The predicted octanol–water partition coefficient (Wildman–Crippen LogP) is 0.605. The number of piperidine rings is 1. The molecule has 2 N–H and O–H groups in total. The smallest absolute Gasteiger partial charge is 0.243 e. The van der Waals surface area contributed by atoms with Gasteiger partial charge < -0.3 is 9.73 Å². The summed E-state index contributed by atoms with van der Waals surface area (Å²) in [5.74, 6) is 0.469. The minimum Gasteiger partial charge on any atom is -0.469 e. The third kappa shape index (κ3) is 3.17. The van der Waals surface area contributed by atoms with Crippen LogP contribution in [0.4, 0.5) is 0 Å². The molecule has 0 aliphatic carbocycles. The molecule has 1 aromatic rings. The van der Waals surface area contributed by atoms with Crippen molar-refractivity contribution >= 4 is 11.8 Å². The first kappa shape index (κ1) is 11.9. The van der Waals surface area contributed by atoms with E-state index in [0.29, 0.717) is 12.8 Å². The molecule has 1 aliphatic heterocycles. The molecule has 0 aromatic carbocycles. The molecule has 0 spiro atoms. The van der Waals surface area contributed by atoms with Crippen molar-refractivity contribution < 1.29 is 14.0 Å². The van der Waals surface area contributed by atoms with Crippen molar-refractivity contribution in [2.75, 3.05) is 0 Å². The Bertz CT molecular complexity index is 400. The molecule has 2 atom stereocenters. The van der Waals surface area contributed by atoms with Gasteiger partial charge in [-0.25, -0.2) is 0 Å². The van der Waals surface area contributed by atoms with Gasteiger partial charge in [0.1, 0.15) is 5.76 Å². The van der Waals surface area contributed by atoms with Gasteiger partial charge in [0.25, 0.3) is 0 Å². The summed E-state index contributed by atoms with van der Waals surface area (Å²) in [6.07, 6.45) is 3.32. The molecule has 2 heterocycles. The van der Waals surface area contributed by atoms with Crippen molar-refractivity contribution in [3.05, 3.63) is 24.2 Å². The highest BCUT2D eigenvalue weighted by molar-refractivity contribution is 6.00. The summed E-state index contributed by atoms with van der Waals surface area (Å²) in [5, 5.41) is 5.53. The second-order valence-corrected chi connectivity index (χ2v) is 4.35.